The molecule has 1 heterocycles. The summed E-state index contributed by atoms with van der Waals surface area (Å²) >= 11 is 11.9. The van der Waals surface area contributed by atoms with Gasteiger partial charge in [-0.15, -0.1) is 11.6 Å². The Labute approximate surface area is 135 Å². The maximum Gasteiger partial charge on any atom is 0.250 e. The number of rotatable bonds is 6. The number of nitrogens with zero attached hydrogens (tertiary/aromatic N) is 2. The molecule has 0 amide bonds. The number of piperidine rings is 1. The van der Waals surface area contributed by atoms with E-state index in [1.807, 2.05) is 24.8 Å². The third-order valence-corrected chi connectivity index (χ3v) is 3.92. The number of allylic oxidation sites excluding steroid dienone is 4. The van der Waals surface area contributed by atoms with E-state index in [4.69, 9.17) is 23.2 Å². The SMILES string of the molecule is CC/C=C(C(\Cl)=C/CCl)/C(C)=N/CN1CCC(F)(F)CC1. The van der Waals surface area contributed by atoms with E-state index in [2.05, 4.69) is 4.99 Å². The highest BCUT2D eigenvalue weighted by atomic mass is 35.5. The molecule has 0 atom stereocenters. The van der Waals surface area contributed by atoms with E-state index in [9.17, 15) is 8.78 Å². The van der Waals surface area contributed by atoms with E-state index in [1.54, 1.807) is 6.08 Å². The molecule has 21 heavy (non-hydrogen) atoms. The Bertz CT molecular complexity index is 421. The van der Waals surface area contributed by atoms with Crippen molar-refractivity contribution in [2.45, 2.75) is 39.0 Å². The van der Waals surface area contributed by atoms with Crippen LogP contribution in [-0.4, -0.2) is 42.2 Å². The smallest absolute Gasteiger partial charge is 0.250 e. The molecule has 0 aliphatic carbocycles. The first-order chi connectivity index (χ1) is 9.89. The Morgan fingerprint density at radius 1 is 1.29 bits per heavy atom. The molecule has 1 aliphatic rings. The Hall–Kier alpha value is -0.450. The van der Waals surface area contributed by atoms with Crippen molar-refractivity contribution in [3.05, 3.63) is 22.8 Å². The van der Waals surface area contributed by atoms with Crippen LogP contribution in [0.1, 0.15) is 33.1 Å². The maximum atomic E-state index is 13.1. The van der Waals surface area contributed by atoms with E-state index in [-0.39, 0.29) is 12.8 Å². The van der Waals surface area contributed by atoms with Gasteiger partial charge in [0.1, 0.15) is 0 Å². The summed E-state index contributed by atoms with van der Waals surface area (Å²) in [5, 5.41) is 0.582. The first-order valence-electron chi connectivity index (χ1n) is 7.13. The van der Waals surface area contributed by atoms with E-state index >= 15 is 0 Å². The highest BCUT2D eigenvalue weighted by Gasteiger charge is 2.33. The van der Waals surface area contributed by atoms with Crippen LogP contribution >= 0.6 is 23.2 Å². The van der Waals surface area contributed by atoms with Gasteiger partial charge in [0, 0.05) is 48.1 Å². The number of alkyl halides is 3. The molecule has 0 N–H and O–H groups in total. The highest BCUT2D eigenvalue weighted by molar-refractivity contribution is 6.36. The largest absolute Gasteiger partial charge is 0.284 e. The number of hydrogen-bond donors (Lipinski definition) is 0. The Morgan fingerprint density at radius 3 is 2.43 bits per heavy atom. The van der Waals surface area contributed by atoms with Gasteiger partial charge in [-0.2, -0.15) is 0 Å². The molecule has 0 aromatic rings. The average Bonchev–Trinajstić information content (AvgIpc) is 2.43. The number of halogens is 4. The van der Waals surface area contributed by atoms with Gasteiger partial charge in [-0.3, -0.25) is 9.89 Å². The van der Waals surface area contributed by atoms with E-state index in [1.165, 1.54) is 0 Å². The van der Waals surface area contributed by atoms with Crippen molar-refractivity contribution in [3.8, 4) is 0 Å². The van der Waals surface area contributed by atoms with Gasteiger partial charge in [0.05, 0.1) is 6.67 Å². The fraction of sp³-hybridized carbons (Fsp3) is 0.667. The Kier molecular flexibility index (Phi) is 7.85. The van der Waals surface area contributed by atoms with Crippen LogP contribution in [0.4, 0.5) is 8.78 Å². The molecule has 6 heteroatoms. The van der Waals surface area contributed by atoms with Gasteiger partial charge in [0.25, 0.3) is 5.92 Å². The fourth-order valence-electron chi connectivity index (χ4n) is 2.11. The summed E-state index contributed by atoms with van der Waals surface area (Å²) in [7, 11) is 0. The van der Waals surface area contributed by atoms with Gasteiger partial charge in [0.2, 0.25) is 0 Å². The van der Waals surface area contributed by atoms with E-state index in [0.717, 1.165) is 17.7 Å². The average molecular weight is 339 g/mol. The van der Waals surface area contributed by atoms with Crippen LogP contribution < -0.4 is 0 Å². The zero-order valence-electron chi connectivity index (χ0n) is 12.5. The molecule has 1 fully saturated rings. The molecule has 0 radical (unpaired) electrons. The van der Waals surface area contributed by atoms with Gasteiger partial charge in [-0.25, -0.2) is 8.78 Å². The maximum absolute atomic E-state index is 13.1. The number of likely N-dealkylation sites (tertiary alicyclic amines) is 1. The van der Waals surface area contributed by atoms with Crippen LogP contribution in [-0.2, 0) is 0 Å². The lowest BCUT2D eigenvalue weighted by Gasteiger charge is -2.30. The summed E-state index contributed by atoms with van der Waals surface area (Å²) in [4.78, 5) is 6.41. The number of aliphatic imine (C=N–C) groups is 1. The highest BCUT2D eigenvalue weighted by Crippen LogP contribution is 2.27. The molecular formula is C15H22Cl2F2N2. The molecule has 0 spiro atoms. The molecule has 2 nitrogen and oxygen atoms in total. The second-order valence-electron chi connectivity index (χ2n) is 5.09. The van der Waals surface area contributed by atoms with Crippen LogP contribution in [0, 0.1) is 0 Å². The zero-order valence-corrected chi connectivity index (χ0v) is 14.0. The van der Waals surface area contributed by atoms with Crippen molar-refractivity contribution in [2.24, 2.45) is 4.99 Å². The third kappa shape index (κ3) is 6.45. The number of hydrogen-bond acceptors (Lipinski definition) is 2. The summed E-state index contributed by atoms with van der Waals surface area (Å²) in [5.41, 5.74) is 1.67. The van der Waals surface area contributed by atoms with Crippen LogP contribution in [0.15, 0.2) is 27.7 Å². The predicted octanol–water partition coefficient (Wildman–Crippen LogP) is 4.83. The first-order valence-corrected chi connectivity index (χ1v) is 8.04. The Morgan fingerprint density at radius 2 is 1.90 bits per heavy atom. The topological polar surface area (TPSA) is 15.6 Å². The lowest BCUT2D eigenvalue weighted by atomic mass is 10.1. The lowest BCUT2D eigenvalue weighted by molar-refractivity contribution is -0.0544. The molecule has 1 saturated heterocycles. The van der Waals surface area contributed by atoms with Crippen LogP contribution in [0.3, 0.4) is 0 Å². The van der Waals surface area contributed by atoms with Crippen molar-refractivity contribution < 1.29 is 8.78 Å². The molecular weight excluding hydrogens is 317 g/mol. The summed E-state index contributed by atoms with van der Waals surface area (Å²) in [6.45, 7) is 5.08. The van der Waals surface area contributed by atoms with Gasteiger partial charge in [-0.1, -0.05) is 30.7 Å². The van der Waals surface area contributed by atoms with Crippen molar-refractivity contribution >= 4 is 28.9 Å². The molecule has 120 valence electrons. The molecule has 0 unspecified atom stereocenters. The quantitative estimate of drug-likeness (QED) is 0.384. The molecule has 1 rings (SSSR count). The van der Waals surface area contributed by atoms with Crippen molar-refractivity contribution in [3.63, 3.8) is 0 Å². The van der Waals surface area contributed by atoms with Crippen molar-refractivity contribution in [1.82, 2.24) is 4.90 Å². The van der Waals surface area contributed by atoms with Gasteiger partial charge in [-0.05, 0) is 13.3 Å². The molecule has 0 aromatic carbocycles. The summed E-state index contributed by atoms with van der Waals surface area (Å²) in [5.74, 6) is -2.18. The van der Waals surface area contributed by atoms with Gasteiger partial charge in [0.15, 0.2) is 0 Å². The Balaban J connectivity index is 2.66. The second kappa shape index (κ2) is 8.86. The fourth-order valence-corrected chi connectivity index (χ4v) is 2.64. The molecule has 0 bridgehead atoms. The molecule has 0 aromatic heterocycles. The monoisotopic (exact) mass is 338 g/mol. The standard InChI is InChI=1S/C15H22Cl2F2N2/c1-3-4-13(14(17)5-8-16)12(2)20-11-21-9-6-15(18,19)7-10-21/h4-5H,3,6-11H2,1-2H3/b13-4-,14-5+,20-12+. The lowest BCUT2D eigenvalue weighted by Crippen LogP contribution is -2.39. The predicted molar refractivity (Wildman–Crippen MR) is 86.8 cm³/mol. The van der Waals surface area contributed by atoms with Crippen LogP contribution in [0.25, 0.3) is 0 Å². The van der Waals surface area contributed by atoms with Gasteiger partial charge >= 0.3 is 0 Å². The third-order valence-electron chi connectivity index (χ3n) is 3.41. The zero-order chi connectivity index (χ0) is 15.9. The summed E-state index contributed by atoms with van der Waals surface area (Å²) in [6.07, 6.45) is 4.38. The molecule has 0 saturated carbocycles. The van der Waals surface area contributed by atoms with Crippen LogP contribution in [0.2, 0.25) is 0 Å². The minimum Gasteiger partial charge on any atom is -0.284 e. The van der Waals surface area contributed by atoms with Gasteiger partial charge < -0.3 is 0 Å². The molecule has 1 aliphatic heterocycles. The van der Waals surface area contributed by atoms with Crippen LogP contribution in [0.5, 0.6) is 0 Å². The first kappa shape index (κ1) is 18.6. The van der Waals surface area contributed by atoms with E-state index in [0.29, 0.717) is 30.7 Å². The van der Waals surface area contributed by atoms with Crippen molar-refractivity contribution in [1.29, 1.82) is 0 Å². The second-order valence-corrected chi connectivity index (χ2v) is 5.81. The van der Waals surface area contributed by atoms with E-state index < -0.39 is 5.92 Å². The summed E-state index contributed by atoms with van der Waals surface area (Å²) < 4.78 is 26.2. The minimum absolute atomic E-state index is 0.0911. The van der Waals surface area contributed by atoms with Crippen molar-refractivity contribution in [2.75, 3.05) is 25.6 Å². The normalized spacial score (nSPS) is 21.7. The minimum atomic E-state index is -2.52. The summed E-state index contributed by atoms with van der Waals surface area (Å²) in [6, 6.07) is 0.